The number of likely N-dealkylation sites (tertiary alicyclic amines) is 1. The zero-order chi connectivity index (χ0) is 14.6. The summed E-state index contributed by atoms with van der Waals surface area (Å²) in [5, 5.41) is 16.1. The summed E-state index contributed by atoms with van der Waals surface area (Å²) in [5.74, 6) is -0.785. The summed E-state index contributed by atoms with van der Waals surface area (Å²) in [6.45, 7) is 2.90. The third kappa shape index (κ3) is 3.12. The summed E-state index contributed by atoms with van der Waals surface area (Å²) < 4.78 is 0. The molecular formula is C14H20N2O3S. The van der Waals surface area contributed by atoms with Crippen molar-refractivity contribution in [1.29, 1.82) is 0 Å². The van der Waals surface area contributed by atoms with Crippen LogP contribution in [0.4, 0.5) is 10.5 Å². The van der Waals surface area contributed by atoms with E-state index >= 15 is 0 Å². The fraction of sp³-hybridized carbons (Fsp3) is 0.571. The lowest BCUT2D eigenvalue weighted by molar-refractivity contribution is -0.152. The first-order valence-corrected chi connectivity index (χ1v) is 7.83. The van der Waals surface area contributed by atoms with Crippen molar-refractivity contribution in [2.75, 3.05) is 18.4 Å². The minimum Gasteiger partial charge on any atom is -0.481 e. The number of nitrogens with zero attached hydrogens (tertiary/aromatic N) is 1. The van der Waals surface area contributed by atoms with E-state index in [0.29, 0.717) is 25.9 Å². The highest BCUT2D eigenvalue weighted by atomic mass is 32.1. The third-order valence-electron chi connectivity index (χ3n) is 3.82. The van der Waals surface area contributed by atoms with Crippen LogP contribution in [0.5, 0.6) is 0 Å². The Morgan fingerprint density at radius 3 is 2.95 bits per heavy atom. The zero-order valence-corrected chi connectivity index (χ0v) is 12.4. The lowest BCUT2D eigenvalue weighted by Crippen LogP contribution is -2.51. The number of carboxylic acids is 1. The Bertz CT molecular complexity index is 471. The molecule has 2 rings (SSSR count). The first-order chi connectivity index (χ1) is 9.57. The van der Waals surface area contributed by atoms with Crippen LogP contribution in [-0.4, -0.2) is 35.1 Å². The van der Waals surface area contributed by atoms with Crippen LogP contribution in [0, 0.1) is 5.41 Å². The van der Waals surface area contributed by atoms with Gasteiger partial charge in [-0.3, -0.25) is 4.79 Å². The fourth-order valence-electron chi connectivity index (χ4n) is 2.81. The van der Waals surface area contributed by atoms with Gasteiger partial charge in [0.2, 0.25) is 0 Å². The van der Waals surface area contributed by atoms with Crippen LogP contribution < -0.4 is 5.32 Å². The second-order valence-electron chi connectivity index (χ2n) is 5.30. The number of amides is 2. The molecule has 0 bridgehead atoms. The molecule has 1 aromatic rings. The number of rotatable bonds is 4. The van der Waals surface area contributed by atoms with Gasteiger partial charge in [0.05, 0.1) is 11.1 Å². The van der Waals surface area contributed by atoms with E-state index in [1.54, 1.807) is 4.90 Å². The van der Waals surface area contributed by atoms with Gasteiger partial charge in [-0.15, -0.1) is 0 Å². The van der Waals surface area contributed by atoms with Crippen LogP contribution in [0.1, 0.15) is 32.6 Å². The van der Waals surface area contributed by atoms with Crippen molar-refractivity contribution >= 4 is 29.0 Å². The van der Waals surface area contributed by atoms with Crippen molar-refractivity contribution in [3.05, 3.63) is 16.8 Å². The van der Waals surface area contributed by atoms with Crippen LogP contribution >= 0.6 is 11.3 Å². The maximum Gasteiger partial charge on any atom is 0.321 e. The number of hydrogen-bond donors (Lipinski definition) is 2. The summed E-state index contributed by atoms with van der Waals surface area (Å²) in [4.78, 5) is 25.4. The predicted octanol–water partition coefficient (Wildman–Crippen LogP) is 3.25. The van der Waals surface area contributed by atoms with Crippen LogP contribution in [0.2, 0.25) is 0 Å². The number of thiophene rings is 1. The number of urea groups is 1. The van der Waals surface area contributed by atoms with Crippen molar-refractivity contribution in [2.45, 2.75) is 32.6 Å². The number of anilines is 1. The molecule has 1 aliphatic heterocycles. The highest BCUT2D eigenvalue weighted by Gasteiger charge is 2.42. The molecule has 1 aliphatic rings. The molecule has 0 saturated carbocycles. The Morgan fingerprint density at radius 2 is 2.35 bits per heavy atom. The number of aliphatic carboxylic acids is 1. The highest BCUT2D eigenvalue weighted by molar-refractivity contribution is 7.08. The normalized spacial score (nSPS) is 22.6. The van der Waals surface area contributed by atoms with Crippen molar-refractivity contribution in [1.82, 2.24) is 4.90 Å². The van der Waals surface area contributed by atoms with Crippen LogP contribution in [0.25, 0.3) is 0 Å². The van der Waals surface area contributed by atoms with Crippen LogP contribution in [-0.2, 0) is 4.79 Å². The van der Waals surface area contributed by atoms with Crippen molar-refractivity contribution in [3.8, 4) is 0 Å². The molecule has 0 radical (unpaired) electrons. The highest BCUT2D eigenvalue weighted by Crippen LogP contribution is 2.35. The smallest absolute Gasteiger partial charge is 0.321 e. The average molecular weight is 296 g/mol. The molecule has 5 nitrogen and oxygen atoms in total. The standard InChI is InChI=1S/C14H20N2O3S/c1-2-5-14(12(17)18)6-3-7-16(10-14)13(19)15-11-4-8-20-9-11/h4,8-9H,2-3,5-7,10H2,1H3,(H,15,19)(H,17,18). The number of hydrogen-bond acceptors (Lipinski definition) is 3. The van der Waals surface area contributed by atoms with E-state index in [2.05, 4.69) is 5.32 Å². The third-order valence-corrected chi connectivity index (χ3v) is 4.50. The molecule has 2 N–H and O–H groups in total. The van der Waals surface area contributed by atoms with Gasteiger partial charge < -0.3 is 15.3 Å². The lowest BCUT2D eigenvalue weighted by Gasteiger charge is -2.39. The molecule has 0 spiro atoms. The Balaban J connectivity index is 2.05. The molecule has 1 aromatic heterocycles. The van der Waals surface area contributed by atoms with Gasteiger partial charge in [-0.05, 0) is 30.7 Å². The molecule has 0 aliphatic carbocycles. The Hall–Kier alpha value is -1.56. The molecule has 110 valence electrons. The van der Waals surface area contributed by atoms with E-state index in [-0.39, 0.29) is 6.03 Å². The van der Waals surface area contributed by atoms with Gasteiger partial charge in [-0.1, -0.05) is 13.3 Å². The molecule has 1 saturated heterocycles. The molecule has 0 aromatic carbocycles. The second-order valence-corrected chi connectivity index (χ2v) is 6.08. The van der Waals surface area contributed by atoms with Crippen molar-refractivity contribution in [2.24, 2.45) is 5.41 Å². The topological polar surface area (TPSA) is 69.6 Å². The molecule has 6 heteroatoms. The van der Waals surface area contributed by atoms with Gasteiger partial charge in [-0.2, -0.15) is 11.3 Å². The van der Waals surface area contributed by atoms with E-state index in [1.807, 2.05) is 23.8 Å². The summed E-state index contributed by atoms with van der Waals surface area (Å²) >= 11 is 1.51. The van der Waals surface area contributed by atoms with E-state index in [0.717, 1.165) is 18.5 Å². The first-order valence-electron chi connectivity index (χ1n) is 6.89. The van der Waals surface area contributed by atoms with Gasteiger partial charge in [0, 0.05) is 18.5 Å². The largest absolute Gasteiger partial charge is 0.481 e. The fourth-order valence-corrected chi connectivity index (χ4v) is 3.40. The summed E-state index contributed by atoms with van der Waals surface area (Å²) in [7, 11) is 0. The number of carbonyl (C=O) groups is 2. The number of piperidine rings is 1. The number of nitrogens with one attached hydrogen (secondary N) is 1. The van der Waals surface area contributed by atoms with E-state index in [4.69, 9.17) is 0 Å². The predicted molar refractivity (Wildman–Crippen MR) is 79.1 cm³/mol. The maximum atomic E-state index is 12.2. The Morgan fingerprint density at radius 1 is 1.55 bits per heavy atom. The summed E-state index contributed by atoms with van der Waals surface area (Å²) in [6, 6.07) is 1.63. The molecule has 2 heterocycles. The summed E-state index contributed by atoms with van der Waals surface area (Å²) in [6.07, 6.45) is 2.82. The molecular weight excluding hydrogens is 276 g/mol. The molecule has 2 amide bonds. The maximum absolute atomic E-state index is 12.2. The number of carboxylic acid groups (broad SMARTS) is 1. The lowest BCUT2D eigenvalue weighted by atomic mass is 9.76. The monoisotopic (exact) mass is 296 g/mol. The Kier molecular flexibility index (Phi) is 4.65. The second kappa shape index (κ2) is 6.26. The van der Waals surface area contributed by atoms with Gasteiger partial charge in [0.1, 0.15) is 0 Å². The average Bonchev–Trinajstić information content (AvgIpc) is 2.92. The van der Waals surface area contributed by atoms with Gasteiger partial charge in [0.25, 0.3) is 0 Å². The molecule has 1 unspecified atom stereocenters. The van der Waals surface area contributed by atoms with E-state index in [9.17, 15) is 14.7 Å². The first kappa shape index (κ1) is 14.8. The zero-order valence-electron chi connectivity index (χ0n) is 11.6. The molecule has 20 heavy (non-hydrogen) atoms. The SMILES string of the molecule is CCCC1(C(=O)O)CCCN(C(=O)Nc2ccsc2)C1. The van der Waals surface area contributed by atoms with Crippen LogP contribution in [0.3, 0.4) is 0 Å². The molecule has 1 atom stereocenters. The van der Waals surface area contributed by atoms with Gasteiger partial charge in [0.15, 0.2) is 0 Å². The van der Waals surface area contributed by atoms with Crippen LogP contribution in [0.15, 0.2) is 16.8 Å². The number of carbonyl (C=O) groups excluding carboxylic acids is 1. The van der Waals surface area contributed by atoms with Crippen molar-refractivity contribution in [3.63, 3.8) is 0 Å². The van der Waals surface area contributed by atoms with Gasteiger partial charge >= 0.3 is 12.0 Å². The van der Waals surface area contributed by atoms with Crippen molar-refractivity contribution < 1.29 is 14.7 Å². The van der Waals surface area contributed by atoms with E-state index < -0.39 is 11.4 Å². The quantitative estimate of drug-likeness (QED) is 0.896. The van der Waals surface area contributed by atoms with E-state index in [1.165, 1.54) is 11.3 Å². The minimum absolute atomic E-state index is 0.204. The van der Waals surface area contributed by atoms with Gasteiger partial charge in [-0.25, -0.2) is 4.79 Å². The Labute approximate surface area is 122 Å². The molecule has 1 fully saturated rings. The minimum atomic E-state index is -0.785. The summed E-state index contributed by atoms with van der Waals surface area (Å²) in [5.41, 5.74) is -0.0131.